The van der Waals surface area contributed by atoms with Gasteiger partial charge < -0.3 is 10.1 Å². The zero-order chi connectivity index (χ0) is 24.5. The molecule has 0 aliphatic heterocycles. The Bertz CT molecular complexity index is 1160. The molecule has 2 aromatic carbocycles. The number of carbonyl (C=O) groups is 2. The molecule has 0 unspecified atom stereocenters. The lowest BCUT2D eigenvalue weighted by Crippen LogP contribution is -2.20. The summed E-state index contributed by atoms with van der Waals surface area (Å²) in [7, 11) is -3.42. The normalized spacial score (nSPS) is 12.4. The zero-order valence-corrected chi connectivity index (χ0v) is 17.2. The number of sulfone groups is 1. The Morgan fingerprint density at radius 3 is 1.94 bits per heavy atom. The third-order valence-electron chi connectivity index (χ3n) is 4.27. The minimum atomic E-state index is -4.89. The van der Waals surface area contributed by atoms with E-state index in [0.29, 0.717) is 30.3 Å². The summed E-state index contributed by atoms with van der Waals surface area (Å²) >= 11 is 0. The van der Waals surface area contributed by atoms with Crippen molar-refractivity contribution in [1.82, 2.24) is 0 Å². The molecule has 32 heavy (non-hydrogen) atoms. The molecule has 1 N–H and O–H groups in total. The molecule has 0 fully saturated rings. The topological polar surface area (TPSA) is 89.5 Å². The summed E-state index contributed by atoms with van der Waals surface area (Å²) < 4.78 is 107. The fraction of sp³-hybridized carbons (Fsp3) is 0.263. The molecule has 0 aliphatic rings. The molecule has 0 aliphatic carbocycles. The van der Waals surface area contributed by atoms with E-state index in [-0.39, 0.29) is 0 Å². The predicted molar refractivity (Wildman–Crippen MR) is 99.9 cm³/mol. The quantitative estimate of drug-likeness (QED) is 0.498. The Labute approximate surface area is 178 Å². The van der Waals surface area contributed by atoms with E-state index >= 15 is 0 Å². The number of ether oxygens (including phenoxy) is 1. The van der Waals surface area contributed by atoms with E-state index < -0.39 is 72.7 Å². The first-order valence-corrected chi connectivity index (χ1v) is 10.3. The number of hydrogen-bond acceptors (Lipinski definition) is 5. The van der Waals surface area contributed by atoms with Crippen molar-refractivity contribution in [2.75, 3.05) is 18.2 Å². The number of anilines is 1. The van der Waals surface area contributed by atoms with Gasteiger partial charge in [0.1, 0.15) is 0 Å². The average molecular weight is 483 g/mol. The van der Waals surface area contributed by atoms with Crippen molar-refractivity contribution < 1.29 is 49.1 Å². The van der Waals surface area contributed by atoms with E-state index in [0.717, 1.165) is 20.1 Å². The van der Waals surface area contributed by atoms with Crippen LogP contribution in [0.1, 0.15) is 38.8 Å². The molecule has 0 saturated heterocycles. The Morgan fingerprint density at radius 1 is 0.906 bits per heavy atom. The van der Waals surface area contributed by atoms with Gasteiger partial charge in [-0.05, 0) is 36.4 Å². The van der Waals surface area contributed by atoms with Crippen molar-refractivity contribution in [2.45, 2.75) is 24.2 Å². The lowest BCUT2D eigenvalue weighted by molar-refractivity contribution is -0.138. The number of nitrogens with one attached hydrogen (secondary N) is 1. The summed E-state index contributed by atoms with van der Waals surface area (Å²) in [5.74, 6) is -3.11. The van der Waals surface area contributed by atoms with Crippen LogP contribution in [0.15, 0.2) is 41.3 Å². The van der Waals surface area contributed by atoms with Crippen molar-refractivity contribution in [3.8, 4) is 0 Å². The maximum Gasteiger partial charge on any atom is 0.416 e. The van der Waals surface area contributed by atoms with E-state index in [1.807, 2.05) is 0 Å². The number of amides is 1. The Balaban J connectivity index is 2.59. The Morgan fingerprint density at radius 2 is 1.44 bits per heavy atom. The molecule has 0 aromatic heterocycles. The predicted octanol–water partition coefficient (Wildman–Crippen LogP) is 4.56. The molecule has 174 valence electrons. The van der Waals surface area contributed by atoms with Gasteiger partial charge in [-0.3, -0.25) is 4.79 Å². The Hall–Kier alpha value is -3.09. The van der Waals surface area contributed by atoms with Crippen LogP contribution in [0.3, 0.4) is 0 Å². The minimum Gasteiger partial charge on any atom is -0.465 e. The van der Waals surface area contributed by atoms with Gasteiger partial charge in [-0.2, -0.15) is 26.3 Å². The van der Waals surface area contributed by atoms with E-state index in [2.05, 4.69) is 10.1 Å². The summed E-state index contributed by atoms with van der Waals surface area (Å²) in [4.78, 5) is 23.7. The zero-order valence-electron chi connectivity index (χ0n) is 16.4. The first-order valence-electron chi connectivity index (χ1n) is 8.66. The number of methoxy groups -OCH3 is 1. The number of esters is 1. The highest BCUT2D eigenvalue weighted by atomic mass is 32.2. The molecule has 0 atom stereocenters. The fourth-order valence-corrected chi connectivity index (χ4v) is 3.71. The molecule has 0 heterocycles. The van der Waals surface area contributed by atoms with Gasteiger partial charge in [-0.25, -0.2) is 13.2 Å². The highest BCUT2D eigenvalue weighted by Crippen LogP contribution is 2.34. The van der Waals surface area contributed by atoms with Gasteiger partial charge in [0, 0.05) is 0 Å². The van der Waals surface area contributed by atoms with Crippen LogP contribution < -0.4 is 5.32 Å². The molecule has 0 saturated carbocycles. The molecule has 2 aromatic rings. The highest BCUT2D eigenvalue weighted by molar-refractivity contribution is 7.91. The van der Waals surface area contributed by atoms with Crippen LogP contribution in [0.2, 0.25) is 0 Å². The standard InChI is InChI=1S/C19H15F6NO5S/c1-3-32(29,30)15-9-11(19(23,24)25)4-6-12(15)16(27)26-14-7-5-10(18(20,21)22)8-13(14)17(28)31-2/h4-9H,3H2,1-2H3,(H,26,27). The second kappa shape index (κ2) is 8.81. The van der Waals surface area contributed by atoms with Crippen molar-refractivity contribution in [3.63, 3.8) is 0 Å². The van der Waals surface area contributed by atoms with Gasteiger partial charge in [-0.15, -0.1) is 0 Å². The second-order valence-corrected chi connectivity index (χ2v) is 8.56. The van der Waals surface area contributed by atoms with Crippen LogP contribution >= 0.6 is 0 Å². The van der Waals surface area contributed by atoms with Crippen LogP contribution in [-0.2, 0) is 26.9 Å². The number of rotatable bonds is 5. The van der Waals surface area contributed by atoms with Crippen LogP contribution in [0, 0.1) is 0 Å². The lowest BCUT2D eigenvalue weighted by Gasteiger charge is -2.16. The van der Waals surface area contributed by atoms with Crippen LogP contribution in [0.25, 0.3) is 0 Å². The highest BCUT2D eigenvalue weighted by Gasteiger charge is 2.34. The van der Waals surface area contributed by atoms with E-state index in [1.54, 1.807) is 0 Å². The first-order chi connectivity index (χ1) is 14.6. The maximum absolute atomic E-state index is 13.0. The van der Waals surface area contributed by atoms with Crippen LogP contribution in [-0.4, -0.2) is 33.2 Å². The SMILES string of the molecule is CCS(=O)(=O)c1cc(C(F)(F)F)ccc1C(=O)Nc1ccc(C(F)(F)F)cc1C(=O)OC. The van der Waals surface area contributed by atoms with Gasteiger partial charge in [0.05, 0.1) is 45.7 Å². The number of halogens is 6. The molecule has 1 amide bonds. The number of benzene rings is 2. The molecule has 2 rings (SSSR count). The molecule has 0 bridgehead atoms. The summed E-state index contributed by atoms with van der Waals surface area (Å²) in [5, 5.41) is 2.06. The Kier molecular flexibility index (Phi) is 6.93. The van der Waals surface area contributed by atoms with E-state index in [4.69, 9.17) is 0 Å². The third-order valence-corrected chi connectivity index (χ3v) is 6.04. The van der Waals surface area contributed by atoms with Gasteiger partial charge >= 0.3 is 18.3 Å². The van der Waals surface area contributed by atoms with Gasteiger partial charge in [0.2, 0.25) is 0 Å². The lowest BCUT2D eigenvalue weighted by atomic mass is 10.1. The second-order valence-electron chi connectivity index (χ2n) is 6.32. The summed E-state index contributed by atoms with van der Waals surface area (Å²) in [5.41, 5.74) is -4.38. The monoisotopic (exact) mass is 483 g/mol. The molecular weight excluding hydrogens is 468 g/mol. The van der Waals surface area contributed by atoms with Crippen molar-refractivity contribution in [3.05, 3.63) is 58.7 Å². The van der Waals surface area contributed by atoms with Gasteiger partial charge in [0.15, 0.2) is 9.84 Å². The van der Waals surface area contributed by atoms with E-state index in [9.17, 15) is 44.3 Å². The number of carbonyl (C=O) groups excluding carboxylic acids is 2. The smallest absolute Gasteiger partial charge is 0.416 e. The molecule has 0 radical (unpaired) electrons. The van der Waals surface area contributed by atoms with Gasteiger partial charge in [-0.1, -0.05) is 6.92 Å². The largest absolute Gasteiger partial charge is 0.465 e. The number of hydrogen-bond donors (Lipinski definition) is 1. The van der Waals surface area contributed by atoms with Crippen LogP contribution in [0.5, 0.6) is 0 Å². The summed E-state index contributed by atoms with van der Waals surface area (Å²) in [6.07, 6.45) is -9.71. The molecule has 13 heteroatoms. The molecular formula is C19H15F6NO5S. The van der Waals surface area contributed by atoms with Crippen molar-refractivity contribution in [2.24, 2.45) is 0 Å². The van der Waals surface area contributed by atoms with Crippen molar-refractivity contribution in [1.29, 1.82) is 0 Å². The number of alkyl halides is 6. The van der Waals surface area contributed by atoms with Crippen LogP contribution in [0.4, 0.5) is 32.0 Å². The summed E-state index contributed by atoms with van der Waals surface area (Å²) in [6.45, 7) is 1.16. The summed E-state index contributed by atoms with van der Waals surface area (Å²) in [6, 6.07) is 3.11. The first kappa shape index (κ1) is 25.2. The van der Waals surface area contributed by atoms with Gasteiger partial charge in [0.25, 0.3) is 5.91 Å². The molecule has 6 nitrogen and oxygen atoms in total. The minimum absolute atomic E-state index is 0.293. The third kappa shape index (κ3) is 5.39. The fourth-order valence-electron chi connectivity index (χ4n) is 2.60. The molecule has 0 spiro atoms. The average Bonchev–Trinajstić information content (AvgIpc) is 2.71. The van der Waals surface area contributed by atoms with E-state index in [1.165, 1.54) is 0 Å². The van der Waals surface area contributed by atoms with Crippen molar-refractivity contribution >= 4 is 27.4 Å². The maximum atomic E-state index is 13.0.